The Morgan fingerprint density at radius 1 is 0.905 bits per heavy atom. The van der Waals surface area contributed by atoms with E-state index in [1.807, 2.05) is 44.2 Å². The van der Waals surface area contributed by atoms with Crippen LogP contribution in [0.2, 0.25) is 0 Å². The van der Waals surface area contributed by atoms with Crippen molar-refractivity contribution in [3.8, 4) is 0 Å². The summed E-state index contributed by atoms with van der Waals surface area (Å²) < 4.78 is 33.1. The van der Waals surface area contributed by atoms with Crippen molar-refractivity contribution in [2.45, 2.75) is 44.8 Å². The van der Waals surface area contributed by atoms with E-state index in [2.05, 4.69) is 15.1 Å². The zero-order valence-corrected chi connectivity index (χ0v) is 25.1. The average molecular weight is 591 g/mol. The molecular weight excluding hydrogens is 552 g/mol. The van der Waals surface area contributed by atoms with Crippen molar-refractivity contribution in [1.82, 2.24) is 23.7 Å². The third kappa shape index (κ3) is 6.64. The highest BCUT2D eigenvalue weighted by Gasteiger charge is 2.26. The molecule has 0 radical (unpaired) electrons. The number of nitrogens with zero attached hydrogens (tertiary/aromatic N) is 5. The third-order valence-electron chi connectivity index (χ3n) is 7.46. The second kappa shape index (κ2) is 13.0. The van der Waals surface area contributed by atoms with Crippen LogP contribution in [0.15, 0.2) is 77.8 Å². The first-order valence-electron chi connectivity index (χ1n) is 14.4. The molecule has 2 aromatic carbocycles. The van der Waals surface area contributed by atoms with Crippen LogP contribution in [-0.2, 0) is 32.6 Å². The van der Waals surface area contributed by atoms with Gasteiger partial charge in [0.05, 0.1) is 23.6 Å². The Balaban J connectivity index is 1.26. The zero-order chi connectivity index (χ0) is 29.7. The molecule has 0 amide bonds. The van der Waals surface area contributed by atoms with E-state index in [0.717, 1.165) is 42.8 Å². The summed E-state index contributed by atoms with van der Waals surface area (Å²) >= 11 is 0. The van der Waals surface area contributed by atoms with E-state index in [1.54, 1.807) is 49.5 Å². The maximum atomic E-state index is 13.2. The fourth-order valence-electron chi connectivity index (χ4n) is 5.18. The van der Waals surface area contributed by atoms with Crippen LogP contribution in [-0.4, -0.2) is 77.0 Å². The molecule has 0 spiro atoms. The van der Waals surface area contributed by atoms with Gasteiger partial charge in [0.15, 0.2) is 0 Å². The molecule has 1 atom stereocenters. The van der Waals surface area contributed by atoms with Gasteiger partial charge in [-0.15, -0.1) is 0 Å². The van der Waals surface area contributed by atoms with Gasteiger partial charge in [-0.3, -0.25) is 9.80 Å². The van der Waals surface area contributed by atoms with E-state index in [9.17, 15) is 13.2 Å². The lowest BCUT2D eigenvalue weighted by atomic mass is 10.0. The highest BCUT2D eigenvalue weighted by molar-refractivity contribution is 7.90. The van der Waals surface area contributed by atoms with Crippen molar-refractivity contribution in [1.29, 1.82) is 0 Å². The molecule has 0 unspecified atom stereocenters. The first-order valence-corrected chi connectivity index (χ1v) is 15.8. The molecule has 1 aliphatic rings. The summed E-state index contributed by atoms with van der Waals surface area (Å²) in [7, 11) is -3.65. The SMILES string of the molecule is CCOC(=O)[C@@H](Nc1nc(CN2CCN(Cc3cccn3S(=O)(=O)c3ccccc3)CC2)nc2ccccc12)C(C)C. The lowest BCUT2D eigenvalue weighted by molar-refractivity contribution is -0.145. The van der Waals surface area contributed by atoms with Crippen molar-refractivity contribution in [2.75, 3.05) is 38.1 Å². The number of fused-ring (bicyclic) bond motifs is 1. The first-order chi connectivity index (χ1) is 20.3. The van der Waals surface area contributed by atoms with Gasteiger partial charge in [-0.1, -0.05) is 44.2 Å². The highest BCUT2D eigenvalue weighted by atomic mass is 32.2. The van der Waals surface area contributed by atoms with Crippen molar-refractivity contribution in [3.05, 3.63) is 84.4 Å². The van der Waals surface area contributed by atoms with Crippen molar-refractivity contribution in [2.24, 2.45) is 5.92 Å². The molecule has 0 bridgehead atoms. The predicted molar refractivity (Wildman–Crippen MR) is 162 cm³/mol. The minimum atomic E-state index is -3.65. The second-order valence-corrected chi connectivity index (χ2v) is 12.6. The normalized spacial score (nSPS) is 15.6. The molecule has 0 aliphatic carbocycles. The summed E-state index contributed by atoms with van der Waals surface area (Å²) in [6.45, 7) is 10.3. The standard InChI is InChI=1S/C31H38N6O4S/c1-4-41-31(38)29(23(2)3)34-30-26-14-8-9-15-27(26)32-28(33-30)22-36-19-17-35(18-20-36)21-24-11-10-16-37(24)42(39,40)25-12-6-5-7-13-25/h5-16,23,29H,4,17-22H2,1-3H3,(H,32,33,34)/t29-/m0/s1. The Morgan fingerprint density at radius 2 is 1.57 bits per heavy atom. The summed E-state index contributed by atoms with van der Waals surface area (Å²) in [5.74, 6) is 1.02. The van der Waals surface area contributed by atoms with Crippen LogP contribution in [0.5, 0.6) is 0 Å². The van der Waals surface area contributed by atoms with E-state index in [1.165, 1.54) is 3.97 Å². The third-order valence-corrected chi connectivity index (χ3v) is 9.20. The van der Waals surface area contributed by atoms with Crippen LogP contribution in [0.1, 0.15) is 32.3 Å². The average Bonchev–Trinajstić information content (AvgIpc) is 3.46. The molecule has 1 N–H and O–H groups in total. The summed E-state index contributed by atoms with van der Waals surface area (Å²) in [6.07, 6.45) is 1.61. The maximum absolute atomic E-state index is 13.2. The van der Waals surface area contributed by atoms with Crippen LogP contribution < -0.4 is 5.32 Å². The molecule has 1 fully saturated rings. The van der Waals surface area contributed by atoms with E-state index >= 15 is 0 Å². The lowest BCUT2D eigenvalue weighted by Crippen LogP contribution is -2.46. The molecule has 1 aliphatic heterocycles. The van der Waals surface area contributed by atoms with Gasteiger partial charge in [-0.2, -0.15) is 0 Å². The number of piperazine rings is 1. The minimum absolute atomic E-state index is 0.0121. The van der Waals surface area contributed by atoms with Gasteiger partial charge in [0.1, 0.15) is 17.7 Å². The Bertz CT molecular complexity index is 1610. The maximum Gasteiger partial charge on any atom is 0.328 e. The molecule has 5 rings (SSSR count). The fourth-order valence-corrected chi connectivity index (χ4v) is 6.57. The van der Waals surface area contributed by atoms with Gasteiger partial charge < -0.3 is 10.1 Å². The van der Waals surface area contributed by atoms with E-state index < -0.39 is 16.1 Å². The van der Waals surface area contributed by atoms with Gasteiger partial charge in [-0.25, -0.2) is 27.2 Å². The van der Waals surface area contributed by atoms with Crippen LogP contribution >= 0.6 is 0 Å². The molecule has 4 aromatic rings. The van der Waals surface area contributed by atoms with Crippen molar-refractivity contribution >= 4 is 32.7 Å². The molecule has 1 saturated heterocycles. The van der Waals surface area contributed by atoms with E-state index in [0.29, 0.717) is 31.3 Å². The van der Waals surface area contributed by atoms with Crippen molar-refractivity contribution < 1.29 is 17.9 Å². The summed E-state index contributed by atoms with van der Waals surface area (Å²) in [6, 6.07) is 19.4. The van der Waals surface area contributed by atoms with E-state index in [4.69, 9.17) is 14.7 Å². The molecule has 42 heavy (non-hydrogen) atoms. The van der Waals surface area contributed by atoms with Gasteiger partial charge in [-0.05, 0) is 49.2 Å². The Labute approximate surface area is 247 Å². The predicted octanol–water partition coefficient (Wildman–Crippen LogP) is 3.99. The van der Waals surface area contributed by atoms with Gasteiger partial charge in [0.25, 0.3) is 10.0 Å². The smallest absolute Gasteiger partial charge is 0.328 e. The summed E-state index contributed by atoms with van der Waals surface area (Å²) in [4.78, 5) is 27.2. The Kier molecular flexibility index (Phi) is 9.20. The van der Waals surface area contributed by atoms with Crippen LogP contribution in [0.25, 0.3) is 10.9 Å². The number of carbonyl (C=O) groups is 1. The number of aromatic nitrogens is 3. The quantitative estimate of drug-likeness (QED) is 0.259. The number of para-hydroxylation sites is 1. The summed E-state index contributed by atoms with van der Waals surface area (Å²) in [5.41, 5.74) is 1.55. The number of esters is 1. The molecule has 222 valence electrons. The second-order valence-electron chi connectivity index (χ2n) is 10.8. The van der Waals surface area contributed by atoms with E-state index in [-0.39, 0.29) is 16.8 Å². The van der Waals surface area contributed by atoms with Crippen LogP contribution in [0.3, 0.4) is 0 Å². The topological polar surface area (TPSA) is 110 Å². The first kappa shape index (κ1) is 29.7. The Hall–Kier alpha value is -3.80. The largest absolute Gasteiger partial charge is 0.464 e. The summed E-state index contributed by atoms with van der Waals surface area (Å²) in [5, 5.41) is 4.20. The number of hydrogen-bond acceptors (Lipinski definition) is 9. The fraction of sp³-hybridized carbons (Fsp3) is 0.387. The number of rotatable bonds is 11. The number of hydrogen-bond donors (Lipinski definition) is 1. The highest BCUT2D eigenvalue weighted by Crippen LogP contribution is 2.24. The molecule has 10 nitrogen and oxygen atoms in total. The molecular formula is C31H38N6O4S. The number of carbonyl (C=O) groups excluding carboxylic acids is 1. The minimum Gasteiger partial charge on any atom is -0.464 e. The van der Waals surface area contributed by atoms with Gasteiger partial charge in [0, 0.05) is 50.0 Å². The van der Waals surface area contributed by atoms with Gasteiger partial charge >= 0.3 is 5.97 Å². The van der Waals surface area contributed by atoms with Crippen LogP contribution in [0, 0.1) is 5.92 Å². The number of nitrogens with one attached hydrogen (secondary N) is 1. The molecule has 3 heterocycles. The Morgan fingerprint density at radius 3 is 2.26 bits per heavy atom. The molecule has 0 saturated carbocycles. The molecule has 2 aromatic heterocycles. The molecule has 11 heteroatoms. The zero-order valence-electron chi connectivity index (χ0n) is 24.3. The number of anilines is 1. The van der Waals surface area contributed by atoms with Crippen molar-refractivity contribution in [3.63, 3.8) is 0 Å². The number of benzene rings is 2. The monoisotopic (exact) mass is 590 g/mol. The van der Waals surface area contributed by atoms with Crippen LogP contribution in [0.4, 0.5) is 5.82 Å². The number of ether oxygens (including phenoxy) is 1. The van der Waals surface area contributed by atoms with Gasteiger partial charge in [0.2, 0.25) is 0 Å². The lowest BCUT2D eigenvalue weighted by Gasteiger charge is -2.34.